The molecule has 0 bridgehead atoms. The molecule has 0 aliphatic carbocycles. The Morgan fingerprint density at radius 2 is 2.07 bits per heavy atom. The highest BCUT2D eigenvalue weighted by molar-refractivity contribution is 5.89. The molecule has 152 valence electrons. The third-order valence-electron chi connectivity index (χ3n) is 4.68. The maximum absolute atomic E-state index is 12.6. The highest BCUT2D eigenvalue weighted by Crippen LogP contribution is 2.17. The summed E-state index contributed by atoms with van der Waals surface area (Å²) in [6.07, 6.45) is 2.90. The van der Waals surface area contributed by atoms with Crippen LogP contribution >= 0.6 is 0 Å². The second-order valence-corrected chi connectivity index (χ2v) is 7.06. The predicted molar refractivity (Wildman–Crippen MR) is 105 cm³/mol. The minimum Gasteiger partial charge on any atom is -0.508 e. The number of hydrogen-bond acceptors (Lipinski definition) is 5. The molecule has 0 saturated carbocycles. The summed E-state index contributed by atoms with van der Waals surface area (Å²) in [6, 6.07) is 6.52. The van der Waals surface area contributed by atoms with E-state index < -0.39 is 5.92 Å². The number of rotatable bonds is 10. The normalized spacial score (nSPS) is 17.2. The van der Waals surface area contributed by atoms with E-state index in [1.165, 1.54) is 6.92 Å². The van der Waals surface area contributed by atoms with Crippen molar-refractivity contribution < 1.29 is 24.2 Å². The van der Waals surface area contributed by atoms with Crippen molar-refractivity contribution in [2.24, 2.45) is 5.92 Å². The van der Waals surface area contributed by atoms with E-state index >= 15 is 0 Å². The molecule has 28 heavy (non-hydrogen) atoms. The van der Waals surface area contributed by atoms with Crippen molar-refractivity contribution in [3.8, 4) is 5.75 Å². The smallest absolute Gasteiger partial charge is 0.242 e. The van der Waals surface area contributed by atoms with Gasteiger partial charge in [-0.05, 0) is 37.5 Å². The number of carbonyl (C=O) groups excluding carboxylic acids is 3. The van der Waals surface area contributed by atoms with Gasteiger partial charge in [0.25, 0.3) is 0 Å². The molecule has 2 amide bonds. The molecule has 1 fully saturated rings. The molecule has 0 spiro atoms. The van der Waals surface area contributed by atoms with Gasteiger partial charge in [0.2, 0.25) is 11.8 Å². The highest BCUT2D eigenvalue weighted by atomic mass is 16.5. The number of nitrogens with zero attached hydrogens (tertiary/aromatic N) is 1. The number of hydrogen-bond donors (Lipinski definition) is 2. The summed E-state index contributed by atoms with van der Waals surface area (Å²) in [4.78, 5) is 38.1. The van der Waals surface area contributed by atoms with Crippen LogP contribution in [0.3, 0.4) is 0 Å². The number of Topliss-reactive ketones (excluding diaryl/α,β-unsaturated/α-hetero) is 1. The van der Waals surface area contributed by atoms with Crippen molar-refractivity contribution >= 4 is 17.6 Å². The summed E-state index contributed by atoms with van der Waals surface area (Å²) >= 11 is 0. The number of amides is 2. The molecule has 1 aromatic carbocycles. The van der Waals surface area contributed by atoms with Crippen LogP contribution in [-0.2, 0) is 25.5 Å². The summed E-state index contributed by atoms with van der Waals surface area (Å²) in [5, 5.41) is 12.0. The van der Waals surface area contributed by atoms with Gasteiger partial charge in [0.05, 0.1) is 19.3 Å². The van der Waals surface area contributed by atoms with Gasteiger partial charge in [0.15, 0.2) is 0 Å². The first-order valence-electron chi connectivity index (χ1n) is 9.44. The van der Waals surface area contributed by atoms with Crippen LogP contribution in [0, 0.1) is 5.92 Å². The van der Waals surface area contributed by atoms with Crippen LogP contribution in [0.5, 0.6) is 5.75 Å². The Morgan fingerprint density at radius 3 is 2.71 bits per heavy atom. The van der Waals surface area contributed by atoms with Crippen LogP contribution in [0.25, 0.3) is 0 Å². The van der Waals surface area contributed by atoms with Crippen LogP contribution in [0.4, 0.5) is 0 Å². The molecular formula is C21H28N2O5. The Morgan fingerprint density at radius 1 is 1.36 bits per heavy atom. The maximum Gasteiger partial charge on any atom is 0.242 e. The van der Waals surface area contributed by atoms with E-state index in [0.717, 1.165) is 12.0 Å². The van der Waals surface area contributed by atoms with Crippen LogP contribution in [0.15, 0.2) is 36.9 Å². The summed E-state index contributed by atoms with van der Waals surface area (Å²) in [6.45, 7) is 6.50. The zero-order chi connectivity index (χ0) is 20.5. The number of ether oxygens (including phenoxy) is 1. The van der Waals surface area contributed by atoms with Gasteiger partial charge < -0.3 is 24.9 Å². The second-order valence-electron chi connectivity index (χ2n) is 7.06. The van der Waals surface area contributed by atoms with Crippen molar-refractivity contribution in [1.82, 2.24) is 10.2 Å². The average molecular weight is 388 g/mol. The minimum atomic E-state index is -0.558. The van der Waals surface area contributed by atoms with Crippen molar-refractivity contribution in [1.29, 1.82) is 0 Å². The monoisotopic (exact) mass is 388 g/mol. The molecule has 1 aliphatic rings. The molecule has 1 aliphatic heterocycles. The number of carbonyl (C=O) groups is 3. The van der Waals surface area contributed by atoms with Gasteiger partial charge in [-0.25, -0.2) is 0 Å². The third kappa shape index (κ3) is 6.81. The fraction of sp³-hybridized carbons (Fsp3) is 0.476. The number of ketones is 1. The van der Waals surface area contributed by atoms with Crippen LogP contribution < -0.4 is 5.32 Å². The summed E-state index contributed by atoms with van der Waals surface area (Å²) in [5.41, 5.74) is 0.840. The Labute approximate surface area is 165 Å². The third-order valence-corrected chi connectivity index (χ3v) is 4.68. The molecule has 1 aromatic rings. The number of likely N-dealkylation sites (tertiary alicyclic amines) is 1. The summed E-state index contributed by atoms with van der Waals surface area (Å²) in [5.74, 6) is -0.994. The van der Waals surface area contributed by atoms with E-state index in [1.54, 1.807) is 35.2 Å². The van der Waals surface area contributed by atoms with Crippen LogP contribution in [-0.4, -0.2) is 59.9 Å². The number of aromatic hydroxyl groups is 1. The van der Waals surface area contributed by atoms with E-state index in [2.05, 4.69) is 11.9 Å². The standard InChI is InChI=1S/C21H28N2O5/c1-3-10-28-19-8-9-23(14-19)20(26)13-22-21(27)17(11-15(2)24)12-16-4-6-18(25)7-5-16/h3-7,17,19,25H,1,8-14H2,2H3,(H,22,27)/t17-,19+/m0/s1. The highest BCUT2D eigenvalue weighted by Gasteiger charge is 2.27. The minimum absolute atomic E-state index is 0.00221. The lowest BCUT2D eigenvalue weighted by Gasteiger charge is -2.19. The lowest BCUT2D eigenvalue weighted by Crippen LogP contribution is -2.42. The van der Waals surface area contributed by atoms with E-state index in [9.17, 15) is 19.5 Å². The zero-order valence-electron chi connectivity index (χ0n) is 16.2. The molecule has 2 N–H and O–H groups in total. The SMILES string of the molecule is C=CCO[C@@H]1CCN(C(=O)CNC(=O)[C@@H](CC(C)=O)Cc2ccc(O)cc2)C1. The molecule has 1 saturated heterocycles. The average Bonchev–Trinajstić information content (AvgIpc) is 3.14. The van der Waals surface area contributed by atoms with Crippen LogP contribution in [0.2, 0.25) is 0 Å². The molecule has 2 atom stereocenters. The Kier molecular flexibility index (Phi) is 8.19. The Hall–Kier alpha value is -2.67. The van der Waals surface area contributed by atoms with Gasteiger partial charge in [-0.15, -0.1) is 6.58 Å². The predicted octanol–water partition coefficient (Wildman–Crippen LogP) is 1.45. The van der Waals surface area contributed by atoms with E-state index in [-0.39, 0.29) is 42.4 Å². The molecule has 2 rings (SSSR count). The van der Waals surface area contributed by atoms with Crippen molar-refractivity contribution in [2.75, 3.05) is 26.2 Å². The quantitative estimate of drug-likeness (QED) is 0.592. The first-order chi connectivity index (χ1) is 13.4. The fourth-order valence-electron chi connectivity index (χ4n) is 3.23. The molecule has 7 heteroatoms. The molecule has 7 nitrogen and oxygen atoms in total. The zero-order valence-corrected chi connectivity index (χ0v) is 16.2. The van der Waals surface area contributed by atoms with Gasteiger partial charge in [0, 0.05) is 25.4 Å². The molecule has 0 aromatic heterocycles. The largest absolute Gasteiger partial charge is 0.508 e. The first kappa shape index (κ1) is 21.6. The van der Waals surface area contributed by atoms with E-state index in [0.29, 0.717) is 26.1 Å². The summed E-state index contributed by atoms with van der Waals surface area (Å²) < 4.78 is 5.56. The molecule has 0 unspecified atom stereocenters. The van der Waals surface area contributed by atoms with Gasteiger partial charge in [-0.1, -0.05) is 18.2 Å². The fourth-order valence-corrected chi connectivity index (χ4v) is 3.23. The lowest BCUT2D eigenvalue weighted by atomic mass is 9.93. The second kappa shape index (κ2) is 10.6. The number of benzene rings is 1. The molecule has 1 heterocycles. The summed E-state index contributed by atoms with van der Waals surface area (Å²) in [7, 11) is 0. The van der Waals surface area contributed by atoms with Gasteiger partial charge >= 0.3 is 0 Å². The Balaban J connectivity index is 1.86. The number of nitrogens with one attached hydrogen (secondary N) is 1. The number of phenols is 1. The van der Waals surface area contributed by atoms with Crippen LogP contribution in [0.1, 0.15) is 25.3 Å². The van der Waals surface area contributed by atoms with Crippen molar-refractivity contribution in [3.63, 3.8) is 0 Å². The van der Waals surface area contributed by atoms with Gasteiger partial charge in [-0.2, -0.15) is 0 Å². The maximum atomic E-state index is 12.6. The molecule has 0 radical (unpaired) electrons. The van der Waals surface area contributed by atoms with E-state index in [4.69, 9.17) is 4.74 Å². The van der Waals surface area contributed by atoms with Gasteiger partial charge in [0.1, 0.15) is 11.5 Å². The Bertz CT molecular complexity index is 701. The van der Waals surface area contributed by atoms with Crippen molar-refractivity contribution in [2.45, 2.75) is 32.3 Å². The van der Waals surface area contributed by atoms with Gasteiger partial charge in [-0.3, -0.25) is 9.59 Å². The first-order valence-corrected chi connectivity index (χ1v) is 9.44. The number of phenolic OH excluding ortho intramolecular Hbond substituents is 1. The topological polar surface area (TPSA) is 95.9 Å². The molecular weight excluding hydrogens is 360 g/mol. The lowest BCUT2D eigenvalue weighted by molar-refractivity contribution is -0.134. The van der Waals surface area contributed by atoms with Crippen molar-refractivity contribution in [3.05, 3.63) is 42.5 Å². The van der Waals surface area contributed by atoms with E-state index in [1.807, 2.05) is 0 Å².